The topological polar surface area (TPSA) is 75.3 Å². The maximum atomic E-state index is 11.5. The van der Waals surface area contributed by atoms with Gasteiger partial charge < -0.3 is 14.6 Å². The highest BCUT2D eigenvalue weighted by Crippen LogP contribution is 2.07. The summed E-state index contributed by atoms with van der Waals surface area (Å²) in [4.78, 5) is 31.6. The molecule has 18 heavy (non-hydrogen) atoms. The van der Waals surface area contributed by atoms with Crippen LogP contribution in [0.1, 0.15) is 26.6 Å². The Balaban J connectivity index is 2.90. The number of carbonyl (C=O) groups is 1. The van der Waals surface area contributed by atoms with Crippen LogP contribution in [0.3, 0.4) is 0 Å². The van der Waals surface area contributed by atoms with E-state index in [1.165, 1.54) is 6.07 Å². The maximum Gasteiger partial charge on any atom is 0.325 e. The molecule has 0 radical (unpaired) electrons. The normalized spacial score (nSPS) is 10.2. The molecule has 0 saturated carbocycles. The van der Waals surface area contributed by atoms with E-state index in [1.54, 1.807) is 11.8 Å². The molecule has 0 saturated heterocycles. The zero-order valence-corrected chi connectivity index (χ0v) is 11.0. The molecule has 1 aromatic heterocycles. The first-order chi connectivity index (χ1) is 8.60. The highest BCUT2D eigenvalue weighted by Gasteiger charge is 2.13. The summed E-state index contributed by atoms with van der Waals surface area (Å²) in [5.41, 5.74) is -0.209. The van der Waals surface area contributed by atoms with Gasteiger partial charge in [-0.1, -0.05) is 6.92 Å². The summed E-state index contributed by atoms with van der Waals surface area (Å²) in [5, 5.41) is 0. The predicted molar refractivity (Wildman–Crippen MR) is 68.8 cm³/mol. The van der Waals surface area contributed by atoms with Crippen molar-refractivity contribution in [3.05, 3.63) is 22.2 Å². The van der Waals surface area contributed by atoms with Crippen molar-refractivity contribution in [3.63, 3.8) is 0 Å². The van der Waals surface area contributed by atoms with Gasteiger partial charge in [0.15, 0.2) is 0 Å². The summed E-state index contributed by atoms with van der Waals surface area (Å²) in [6, 6.07) is 1.39. The lowest BCUT2D eigenvalue weighted by molar-refractivity contribution is -0.141. The van der Waals surface area contributed by atoms with Gasteiger partial charge in [-0.2, -0.15) is 0 Å². The standard InChI is InChI=1S/C12H19N3O3/c1-4-9-13-10(7-11(16)14-9)15(5-2)8-12(17)18-6-3/h7H,4-6,8H2,1-3H3,(H,13,14,16). The Hall–Kier alpha value is -1.85. The van der Waals surface area contributed by atoms with Crippen LogP contribution in [-0.2, 0) is 16.0 Å². The highest BCUT2D eigenvalue weighted by atomic mass is 16.5. The maximum absolute atomic E-state index is 11.5. The van der Waals surface area contributed by atoms with E-state index in [4.69, 9.17) is 4.74 Å². The number of aromatic amines is 1. The lowest BCUT2D eigenvalue weighted by Gasteiger charge is -2.20. The quantitative estimate of drug-likeness (QED) is 0.756. The smallest absolute Gasteiger partial charge is 0.325 e. The van der Waals surface area contributed by atoms with E-state index in [-0.39, 0.29) is 18.1 Å². The molecule has 0 bridgehead atoms. The van der Waals surface area contributed by atoms with Gasteiger partial charge in [0.05, 0.1) is 6.61 Å². The van der Waals surface area contributed by atoms with Crippen LogP contribution in [0.2, 0.25) is 0 Å². The fourth-order valence-electron chi connectivity index (χ4n) is 1.54. The largest absolute Gasteiger partial charge is 0.465 e. The molecule has 0 aliphatic rings. The average Bonchev–Trinajstić information content (AvgIpc) is 2.35. The summed E-state index contributed by atoms with van der Waals surface area (Å²) in [7, 11) is 0. The number of anilines is 1. The van der Waals surface area contributed by atoms with Crippen molar-refractivity contribution >= 4 is 11.8 Å². The molecule has 0 fully saturated rings. The number of H-pyrrole nitrogens is 1. The third kappa shape index (κ3) is 3.87. The minimum absolute atomic E-state index is 0.101. The van der Waals surface area contributed by atoms with Crippen LogP contribution in [0.25, 0.3) is 0 Å². The van der Waals surface area contributed by atoms with Crippen LogP contribution < -0.4 is 10.5 Å². The number of hydrogen-bond acceptors (Lipinski definition) is 5. The molecule has 1 N–H and O–H groups in total. The van der Waals surface area contributed by atoms with E-state index >= 15 is 0 Å². The minimum Gasteiger partial charge on any atom is -0.465 e. The van der Waals surface area contributed by atoms with Crippen LogP contribution in [-0.4, -0.2) is 35.6 Å². The molecule has 1 aromatic rings. The van der Waals surface area contributed by atoms with Crippen molar-refractivity contribution in [2.45, 2.75) is 27.2 Å². The summed E-state index contributed by atoms with van der Waals surface area (Å²) < 4.78 is 4.89. The first kappa shape index (κ1) is 14.2. The Bertz CT molecular complexity index is 456. The second kappa shape index (κ2) is 6.78. The van der Waals surface area contributed by atoms with Crippen molar-refractivity contribution in [2.75, 3.05) is 24.6 Å². The number of hydrogen-bond donors (Lipinski definition) is 1. The Morgan fingerprint density at radius 2 is 2.17 bits per heavy atom. The highest BCUT2D eigenvalue weighted by molar-refractivity contribution is 5.75. The molecule has 6 nitrogen and oxygen atoms in total. The van der Waals surface area contributed by atoms with E-state index in [0.717, 1.165) is 0 Å². The van der Waals surface area contributed by atoms with Gasteiger partial charge in [0.2, 0.25) is 0 Å². The molecule has 6 heteroatoms. The van der Waals surface area contributed by atoms with E-state index in [0.29, 0.717) is 31.2 Å². The second-order valence-electron chi connectivity index (χ2n) is 3.72. The van der Waals surface area contributed by atoms with Crippen molar-refractivity contribution < 1.29 is 9.53 Å². The molecule has 1 rings (SSSR count). The summed E-state index contributed by atoms with van der Waals surface area (Å²) >= 11 is 0. The van der Waals surface area contributed by atoms with Gasteiger partial charge in [0, 0.05) is 19.0 Å². The number of aryl methyl sites for hydroxylation is 1. The van der Waals surface area contributed by atoms with E-state index in [9.17, 15) is 9.59 Å². The van der Waals surface area contributed by atoms with Gasteiger partial charge in [-0.05, 0) is 13.8 Å². The molecule has 0 atom stereocenters. The number of rotatable bonds is 6. The van der Waals surface area contributed by atoms with Crippen molar-refractivity contribution in [3.8, 4) is 0 Å². The van der Waals surface area contributed by atoms with Crippen LogP contribution in [0.15, 0.2) is 10.9 Å². The minimum atomic E-state index is -0.320. The van der Waals surface area contributed by atoms with Gasteiger partial charge in [-0.15, -0.1) is 0 Å². The number of esters is 1. The Morgan fingerprint density at radius 3 is 2.72 bits per heavy atom. The van der Waals surface area contributed by atoms with E-state index < -0.39 is 0 Å². The third-order valence-corrected chi connectivity index (χ3v) is 2.44. The van der Waals surface area contributed by atoms with Gasteiger partial charge >= 0.3 is 5.97 Å². The molecule has 0 aliphatic carbocycles. The lowest BCUT2D eigenvalue weighted by atomic mass is 10.4. The van der Waals surface area contributed by atoms with E-state index in [1.807, 2.05) is 13.8 Å². The zero-order valence-electron chi connectivity index (χ0n) is 11.0. The van der Waals surface area contributed by atoms with Gasteiger partial charge in [-0.3, -0.25) is 9.59 Å². The van der Waals surface area contributed by atoms with Crippen LogP contribution >= 0.6 is 0 Å². The summed E-state index contributed by atoms with van der Waals surface area (Å²) in [6.45, 7) is 6.59. The molecule has 100 valence electrons. The van der Waals surface area contributed by atoms with Crippen molar-refractivity contribution in [1.82, 2.24) is 9.97 Å². The molecule has 1 heterocycles. The number of likely N-dealkylation sites (N-methyl/N-ethyl adjacent to an activating group) is 1. The molecular formula is C12H19N3O3. The fraction of sp³-hybridized carbons (Fsp3) is 0.583. The zero-order chi connectivity index (χ0) is 13.5. The van der Waals surface area contributed by atoms with Crippen LogP contribution in [0.5, 0.6) is 0 Å². The molecular weight excluding hydrogens is 234 g/mol. The van der Waals surface area contributed by atoms with Gasteiger partial charge in [-0.25, -0.2) is 4.98 Å². The Morgan fingerprint density at radius 1 is 1.44 bits per heavy atom. The number of nitrogens with zero attached hydrogens (tertiary/aromatic N) is 2. The third-order valence-electron chi connectivity index (χ3n) is 2.44. The second-order valence-corrected chi connectivity index (χ2v) is 3.72. The summed E-state index contributed by atoms with van der Waals surface area (Å²) in [6.07, 6.45) is 0.639. The van der Waals surface area contributed by atoms with E-state index in [2.05, 4.69) is 9.97 Å². The number of ether oxygens (including phenoxy) is 1. The monoisotopic (exact) mass is 253 g/mol. The average molecular weight is 253 g/mol. The molecule has 0 aliphatic heterocycles. The predicted octanol–water partition coefficient (Wildman–Crippen LogP) is 0.722. The number of aromatic nitrogens is 2. The van der Waals surface area contributed by atoms with Crippen LogP contribution in [0.4, 0.5) is 5.82 Å². The first-order valence-electron chi connectivity index (χ1n) is 6.11. The summed E-state index contributed by atoms with van der Waals surface area (Å²) in [5.74, 6) is 0.797. The van der Waals surface area contributed by atoms with Crippen LogP contribution in [0, 0.1) is 0 Å². The molecule has 0 unspecified atom stereocenters. The molecule has 0 aromatic carbocycles. The van der Waals surface area contributed by atoms with Crippen molar-refractivity contribution in [2.24, 2.45) is 0 Å². The Labute approximate surface area is 106 Å². The number of nitrogens with one attached hydrogen (secondary N) is 1. The number of carbonyl (C=O) groups excluding carboxylic acids is 1. The van der Waals surface area contributed by atoms with Gasteiger partial charge in [0.1, 0.15) is 18.2 Å². The van der Waals surface area contributed by atoms with Gasteiger partial charge in [0.25, 0.3) is 5.56 Å². The fourth-order valence-corrected chi connectivity index (χ4v) is 1.54. The SMILES string of the molecule is CCOC(=O)CN(CC)c1cc(=O)[nH]c(CC)n1. The lowest BCUT2D eigenvalue weighted by Crippen LogP contribution is -2.32. The molecule has 0 spiro atoms. The molecule has 0 amide bonds. The van der Waals surface area contributed by atoms with Crippen molar-refractivity contribution in [1.29, 1.82) is 0 Å². The first-order valence-corrected chi connectivity index (χ1v) is 6.11. The Kier molecular flexibility index (Phi) is 5.35.